The van der Waals surface area contributed by atoms with Gasteiger partial charge in [-0.25, -0.2) is 0 Å². The summed E-state index contributed by atoms with van der Waals surface area (Å²) in [5.41, 5.74) is 0.0688. The monoisotopic (exact) mass is 293 g/mol. The standard InChI is InChI=1S/C10H7BrF3NO/c1-6(10(12,13)14)16-9-4-8(11)3-2-7(9)5-15/h2-4,6H,1H3/t6-/m0/s1. The van der Waals surface area contributed by atoms with Gasteiger partial charge < -0.3 is 4.74 Å². The molecule has 6 heteroatoms. The lowest BCUT2D eigenvalue weighted by atomic mass is 10.2. The Morgan fingerprint density at radius 3 is 2.56 bits per heavy atom. The highest BCUT2D eigenvalue weighted by Crippen LogP contribution is 2.28. The van der Waals surface area contributed by atoms with Crippen molar-refractivity contribution in [3.63, 3.8) is 0 Å². The van der Waals surface area contributed by atoms with E-state index in [9.17, 15) is 13.2 Å². The molecule has 0 saturated heterocycles. The molecule has 0 bridgehead atoms. The Morgan fingerprint density at radius 1 is 1.44 bits per heavy atom. The molecular weight excluding hydrogens is 287 g/mol. The van der Waals surface area contributed by atoms with Crippen LogP contribution in [0, 0.1) is 11.3 Å². The molecule has 0 amide bonds. The summed E-state index contributed by atoms with van der Waals surface area (Å²) in [5.74, 6) is -0.0818. The van der Waals surface area contributed by atoms with Crippen LogP contribution in [0.4, 0.5) is 13.2 Å². The number of halogens is 4. The molecule has 0 heterocycles. The van der Waals surface area contributed by atoms with Gasteiger partial charge in [0.05, 0.1) is 5.56 Å². The van der Waals surface area contributed by atoms with Gasteiger partial charge in [0.1, 0.15) is 11.8 Å². The Hall–Kier alpha value is -1.22. The zero-order valence-electron chi connectivity index (χ0n) is 8.18. The summed E-state index contributed by atoms with van der Waals surface area (Å²) in [6.45, 7) is 0.891. The Labute approximate surface area is 98.8 Å². The predicted molar refractivity (Wildman–Crippen MR) is 55.0 cm³/mol. The quantitative estimate of drug-likeness (QED) is 0.834. The van der Waals surface area contributed by atoms with Crippen LogP contribution in [-0.2, 0) is 0 Å². The Balaban J connectivity index is 2.97. The number of benzene rings is 1. The number of ether oxygens (including phenoxy) is 1. The number of rotatable bonds is 2. The summed E-state index contributed by atoms with van der Waals surface area (Å²) in [6, 6.07) is 6.05. The van der Waals surface area contributed by atoms with Crippen molar-refractivity contribution < 1.29 is 17.9 Å². The van der Waals surface area contributed by atoms with E-state index >= 15 is 0 Å². The normalized spacial score (nSPS) is 13.0. The van der Waals surface area contributed by atoms with E-state index in [1.807, 2.05) is 0 Å². The second-order valence-electron chi connectivity index (χ2n) is 3.05. The molecule has 0 aliphatic heterocycles. The second kappa shape index (κ2) is 4.74. The highest BCUT2D eigenvalue weighted by molar-refractivity contribution is 9.10. The SMILES string of the molecule is C[C@H](Oc1cc(Br)ccc1C#N)C(F)(F)F. The van der Waals surface area contributed by atoms with Crippen molar-refractivity contribution in [2.45, 2.75) is 19.2 Å². The van der Waals surface area contributed by atoms with Gasteiger partial charge in [0, 0.05) is 4.47 Å². The lowest BCUT2D eigenvalue weighted by Gasteiger charge is -2.18. The predicted octanol–water partition coefficient (Wildman–Crippen LogP) is 3.65. The fourth-order valence-electron chi connectivity index (χ4n) is 0.943. The van der Waals surface area contributed by atoms with Gasteiger partial charge in [0.2, 0.25) is 0 Å². The molecule has 0 aliphatic rings. The number of nitriles is 1. The molecule has 0 unspecified atom stereocenters. The smallest absolute Gasteiger partial charge is 0.425 e. The minimum absolute atomic E-state index is 0.0688. The molecule has 1 atom stereocenters. The second-order valence-corrected chi connectivity index (χ2v) is 3.97. The van der Waals surface area contributed by atoms with Crippen molar-refractivity contribution in [1.29, 1.82) is 5.26 Å². The van der Waals surface area contributed by atoms with Crippen LogP contribution in [0.1, 0.15) is 12.5 Å². The molecule has 0 radical (unpaired) electrons. The van der Waals surface area contributed by atoms with E-state index in [0.717, 1.165) is 6.92 Å². The number of hydrogen-bond acceptors (Lipinski definition) is 2. The van der Waals surface area contributed by atoms with Crippen LogP contribution in [-0.4, -0.2) is 12.3 Å². The molecule has 0 aliphatic carbocycles. The lowest BCUT2D eigenvalue weighted by molar-refractivity contribution is -0.189. The molecule has 0 spiro atoms. The van der Waals surface area contributed by atoms with E-state index < -0.39 is 12.3 Å². The minimum Gasteiger partial charge on any atom is -0.480 e. The average molecular weight is 294 g/mol. The lowest BCUT2D eigenvalue weighted by Crippen LogP contribution is -2.31. The van der Waals surface area contributed by atoms with Crippen molar-refractivity contribution >= 4 is 15.9 Å². The van der Waals surface area contributed by atoms with Gasteiger partial charge in [-0.3, -0.25) is 0 Å². The van der Waals surface area contributed by atoms with E-state index in [2.05, 4.69) is 15.9 Å². The zero-order chi connectivity index (χ0) is 12.3. The number of nitrogens with zero attached hydrogens (tertiary/aromatic N) is 1. The van der Waals surface area contributed by atoms with Crippen molar-refractivity contribution in [1.82, 2.24) is 0 Å². The van der Waals surface area contributed by atoms with Crippen molar-refractivity contribution in [2.75, 3.05) is 0 Å². The fourth-order valence-corrected chi connectivity index (χ4v) is 1.28. The summed E-state index contributed by atoms with van der Waals surface area (Å²) >= 11 is 3.10. The van der Waals surface area contributed by atoms with Crippen LogP contribution in [0.5, 0.6) is 5.75 Å². The van der Waals surface area contributed by atoms with Gasteiger partial charge >= 0.3 is 6.18 Å². The minimum atomic E-state index is -4.45. The first-order valence-corrected chi connectivity index (χ1v) is 5.07. The highest BCUT2D eigenvalue weighted by atomic mass is 79.9. The molecule has 1 aromatic rings. The molecule has 0 fully saturated rings. The van der Waals surface area contributed by atoms with Gasteiger partial charge in [-0.1, -0.05) is 15.9 Å². The maximum absolute atomic E-state index is 12.3. The van der Waals surface area contributed by atoms with Crippen molar-refractivity contribution in [2.24, 2.45) is 0 Å². The molecule has 1 rings (SSSR count). The molecule has 1 aromatic carbocycles. The Bertz CT molecular complexity index is 425. The van der Waals surface area contributed by atoms with Crippen molar-refractivity contribution in [3.05, 3.63) is 28.2 Å². The van der Waals surface area contributed by atoms with E-state index in [4.69, 9.17) is 10.00 Å². The van der Waals surface area contributed by atoms with Crippen LogP contribution in [0.25, 0.3) is 0 Å². The molecule has 86 valence electrons. The van der Waals surface area contributed by atoms with Crippen LogP contribution in [0.2, 0.25) is 0 Å². The van der Waals surface area contributed by atoms with E-state index in [1.54, 1.807) is 12.1 Å². The largest absolute Gasteiger partial charge is 0.480 e. The van der Waals surface area contributed by atoms with Gasteiger partial charge in [-0.2, -0.15) is 18.4 Å². The number of hydrogen-bond donors (Lipinski definition) is 0. The summed E-state index contributed by atoms with van der Waals surface area (Å²) in [6.07, 6.45) is -6.40. The molecule has 0 saturated carbocycles. The van der Waals surface area contributed by atoms with Crippen LogP contribution < -0.4 is 4.74 Å². The van der Waals surface area contributed by atoms with Crippen LogP contribution in [0.15, 0.2) is 22.7 Å². The van der Waals surface area contributed by atoms with Gasteiger partial charge in [0.25, 0.3) is 0 Å². The first-order chi connectivity index (χ1) is 7.34. The molecular formula is C10H7BrF3NO. The van der Waals surface area contributed by atoms with Crippen molar-refractivity contribution in [3.8, 4) is 11.8 Å². The summed E-state index contributed by atoms with van der Waals surface area (Å²) in [4.78, 5) is 0. The van der Waals surface area contributed by atoms with Gasteiger partial charge in [0.15, 0.2) is 6.10 Å². The average Bonchev–Trinajstić information content (AvgIpc) is 2.16. The van der Waals surface area contributed by atoms with E-state index in [0.29, 0.717) is 4.47 Å². The molecule has 16 heavy (non-hydrogen) atoms. The summed E-state index contributed by atoms with van der Waals surface area (Å²) < 4.78 is 42.0. The maximum atomic E-state index is 12.3. The highest BCUT2D eigenvalue weighted by Gasteiger charge is 2.38. The maximum Gasteiger partial charge on any atom is 0.425 e. The molecule has 0 N–H and O–H groups in total. The van der Waals surface area contributed by atoms with Gasteiger partial charge in [-0.15, -0.1) is 0 Å². The topological polar surface area (TPSA) is 33.0 Å². The van der Waals surface area contributed by atoms with E-state index in [-0.39, 0.29) is 11.3 Å². The summed E-state index contributed by atoms with van der Waals surface area (Å²) in [5, 5.41) is 8.70. The first kappa shape index (κ1) is 12.8. The zero-order valence-corrected chi connectivity index (χ0v) is 9.76. The van der Waals surface area contributed by atoms with Gasteiger partial charge in [-0.05, 0) is 25.1 Å². The van der Waals surface area contributed by atoms with Crippen LogP contribution in [0.3, 0.4) is 0 Å². The third-order valence-corrected chi connectivity index (χ3v) is 2.32. The number of alkyl halides is 3. The third-order valence-electron chi connectivity index (χ3n) is 1.83. The molecule has 0 aromatic heterocycles. The fraction of sp³-hybridized carbons (Fsp3) is 0.300. The van der Waals surface area contributed by atoms with Crippen LogP contribution >= 0.6 is 15.9 Å². The Morgan fingerprint density at radius 2 is 2.06 bits per heavy atom. The Kier molecular flexibility index (Phi) is 3.81. The molecule has 2 nitrogen and oxygen atoms in total. The first-order valence-electron chi connectivity index (χ1n) is 4.27. The third kappa shape index (κ3) is 3.14. The van der Waals surface area contributed by atoms with E-state index in [1.165, 1.54) is 12.1 Å². The summed E-state index contributed by atoms with van der Waals surface area (Å²) in [7, 11) is 0.